The van der Waals surface area contributed by atoms with Crippen molar-refractivity contribution in [2.45, 2.75) is 129 Å². The number of aliphatic hydroxyl groups is 1. The van der Waals surface area contributed by atoms with Crippen molar-refractivity contribution in [3.05, 3.63) is 52.1 Å². The number of esters is 2. The molecule has 394 valence electrons. The fourth-order valence-corrected chi connectivity index (χ4v) is 9.91. The Morgan fingerprint density at radius 3 is 2.24 bits per heavy atom. The summed E-state index contributed by atoms with van der Waals surface area (Å²) >= 11 is 0. The number of fused-ring (bicyclic) bond motifs is 1. The first kappa shape index (κ1) is 58.6. The quantitative estimate of drug-likeness (QED) is 0.0410. The summed E-state index contributed by atoms with van der Waals surface area (Å²) in [7, 11) is 4.93. The van der Waals surface area contributed by atoms with E-state index >= 15 is 0 Å². The molecule has 0 radical (unpaired) electrons. The van der Waals surface area contributed by atoms with Gasteiger partial charge in [0.05, 0.1) is 44.7 Å². The SMILES string of the molecule is CC[C@@H]1C[C@@H](O)CN1C(=O)CCCCCCC(=O)CCSSC[C@@H](CC(=O)CC[C@H](NC(=O)c1ccc(N(Cc2cnc3nc(NC(=O)C(C)C)[nH]c(=O)c3n2)C(=O)C(F)(F)F)cc1)C(=O)OC)C(=O)OC. The monoisotopic (exact) mass is 1050 g/mol. The van der Waals surface area contributed by atoms with Gasteiger partial charge in [0, 0.05) is 73.4 Å². The van der Waals surface area contributed by atoms with E-state index in [4.69, 9.17) is 9.47 Å². The van der Waals surface area contributed by atoms with E-state index in [9.17, 15) is 61.4 Å². The molecule has 4 N–H and O–H groups in total. The number of likely N-dealkylation sites (tertiary alicyclic amines) is 1. The number of halogens is 3. The molecule has 4 amide bonds. The van der Waals surface area contributed by atoms with Gasteiger partial charge in [-0.2, -0.15) is 18.2 Å². The third kappa shape index (κ3) is 18.0. The van der Waals surface area contributed by atoms with Gasteiger partial charge in [-0.15, -0.1) is 0 Å². The summed E-state index contributed by atoms with van der Waals surface area (Å²) in [6.07, 6.45) is 0.115. The molecule has 0 bridgehead atoms. The third-order valence-electron chi connectivity index (χ3n) is 11.6. The van der Waals surface area contributed by atoms with Crippen LogP contribution in [0.5, 0.6) is 0 Å². The normalized spacial score (nSPS) is 15.4. The third-order valence-corrected chi connectivity index (χ3v) is 14.1. The number of unbranched alkanes of at least 4 members (excludes halogenated alkanes) is 3. The molecule has 1 aromatic carbocycles. The Kier molecular flexibility index (Phi) is 23.1. The number of nitrogens with zero attached hydrogens (tertiary/aromatic N) is 5. The second-order valence-corrected chi connectivity index (χ2v) is 20.0. The number of hydrogen-bond donors (Lipinski definition) is 4. The van der Waals surface area contributed by atoms with Crippen molar-refractivity contribution in [2.24, 2.45) is 11.8 Å². The number of rotatable bonds is 28. The summed E-state index contributed by atoms with van der Waals surface area (Å²) in [4.78, 5) is 131. The molecule has 0 spiro atoms. The molecule has 0 saturated carbocycles. The highest BCUT2D eigenvalue weighted by Crippen LogP contribution is 2.29. The highest BCUT2D eigenvalue weighted by molar-refractivity contribution is 8.76. The van der Waals surface area contributed by atoms with Gasteiger partial charge in [-0.1, -0.05) is 55.2 Å². The number of carbonyl (C=O) groups is 8. The molecule has 1 aliphatic rings. The molecule has 0 aliphatic carbocycles. The predicted octanol–water partition coefficient (Wildman–Crippen LogP) is 5.26. The average molecular weight is 1050 g/mol. The number of hydrogen-bond acceptors (Lipinski definition) is 17. The number of ketones is 2. The van der Waals surface area contributed by atoms with Gasteiger partial charge in [-0.05, 0) is 56.4 Å². The Hall–Kier alpha value is -5.95. The zero-order valence-electron chi connectivity index (χ0n) is 40.7. The van der Waals surface area contributed by atoms with Crippen LogP contribution in [0.25, 0.3) is 11.2 Å². The number of ether oxygens (including phenoxy) is 2. The van der Waals surface area contributed by atoms with Crippen LogP contribution in [-0.2, 0) is 49.6 Å². The molecule has 0 unspecified atom stereocenters. The summed E-state index contributed by atoms with van der Waals surface area (Å²) in [5.74, 6) is -6.26. The first-order valence-corrected chi connectivity index (χ1v) is 25.9. The highest BCUT2D eigenvalue weighted by atomic mass is 33.1. The zero-order chi connectivity index (χ0) is 53.1. The first-order chi connectivity index (χ1) is 34.1. The highest BCUT2D eigenvalue weighted by Gasteiger charge is 2.43. The van der Waals surface area contributed by atoms with Crippen LogP contribution in [0.3, 0.4) is 0 Å². The number of nitrogens with one attached hydrogen (secondary N) is 3. The minimum atomic E-state index is -5.36. The Bertz CT molecular complexity index is 2460. The standard InChI is InChI=1S/C47H61F3N8O12S2/c1-6-31-22-35(61)25-57(31)37(62)12-10-8-7-9-11-33(59)19-20-71-72-26-29(43(66)69-4)21-34(60)17-18-36(44(67)70-5)53-41(64)28-13-15-32(16-14-28)58(45(68)47(48,49)50)24-30-23-51-39-38(52-30)42(65)56-46(54-39)55-40(63)27(2)3/h13-16,23,27,29,31,35-36,61H,6-12,17-22,24-26H2,1-5H3,(H,53,64)(H2,51,54,55,56,63,65)/t29-,31-,35-,36+/m1/s1. The molecule has 1 saturated heterocycles. The smallest absolute Gasteiger partial charge is 0.469 e. The van der Waals surface area contributed by atoms with Gasteiger partial charge in [-0.25, -0.2) is 14.8 Å². The number of methoxy groups -OCH3 is 2. The molecule has 1 aliphatic heterocycles. The van der Waals surface area contributed by atoms with Gasteiger partial charge in [0.1, 0.15) is 17.6 Å². The maximum atomic E-state index is 13.8. The number of amides is 4. The maximum absolute atomic E-state index is 13.8. The van der Waals surface area contributed by atoms with Crippen LogP contribution in [0.1, 0.15) is 114 Å². The van der Waals surface area contributed by atoms with E-state index in [1.54, 1.807) is 18.7 Å². The summed E-state index contributed by atoms with van der Waals surface area (Å²) in [5.41, 5.74) is -2.19. The second-order valence-electron chi connectivity index (χ2n) is 17.4. The van der Waals surface area contributed by atoms with Gasteiger partial charge in [0.25, 0.3) is 11.5 Å². The Labute approximate surface area is 421 Å². The molecule has 20 nitrogen and oxygen atoms in total. The number of alkyl halides is 3. The fourth-order valence-electron chi connectivity index (χ4n) is 7.58. The largest absolute Gasteiger partial charge is 0.471 e. The van der Waals surface area contributed by atoms with E-state index in [2.05, 4.69) is 30.6 Å². The van der Waals surface area contributed by atoms with Crippen molar-refractivity contribution in [2.75, 3.05) is 42.5 Å². The van der Waals surface area contributed by atoms with E-state index in [0.29, 0.717) is 49.3 Å². The van der Waals surface area contributed by atoms with Crippen molar-refractivity contribution < 1.29 is 66.1 Å². The fraction of sp³-hybridized carbons (Fsp3) is 0.574. The van der Waals surface area contributed by atoms with Gasteiger partial charge in [0.15, 0.2) is 11.2 Å². The lowest BCUT2D eigenvalue weighted by atomic mass is 9.99. The number of β-amino-alcohol motifs (C(OH)–C–C–N with tert-alkyl or cyclic N) is 1. The first-order valence-electron chi connectivity index (χ1n) is 23.4. The Morgan fingerprint density at radius 2 is 1.60 bits per heavy atom. The molecule has 4 rings (SSSR count). The van der Waals surface area contributed by atoms with Gasteiger partial charge < -0.3 is 24.8 Å². The lowest BCUT2D eigenvalue weighted by molar-refractivity contribution is -0.170. The van der Waals surface area contributed by atoms with E-state index in [0.717, 1.165) is 63.3 Å². The summed E-state index contributed by atoms with van der Waals surface area (Å²) in [6, 6.07) is 3.02. The number of aliphatic hydroxyl groups excluding tert-OH is 1. The number of anilines is 2. The minimum Gasteiger partial charge on any atom is -0.469 e. The van der Waals surface area contributed by atoms with Crippen LogP contribution >= 0.6 is 21.6 Å². The molecule has 2 aromatic heterocycles. The molecule has 4 atom stereocenters. The van der Waals surface area contributed by atoms with E-state index in [1.165, 1.54) is 28.7 Å². The number of H-pyrrole nitrogens is 1. The molecule has 3 aromatic rings. The number of carbonyl (C=O) groups excluding carboxylic acids is 8. The lowest BCUT2D eigenvalue weighted by Crippen LogP contribution is -2.42. The molecule has 3 heterocycles. The molecule has 1 fully saturated rings. The van der Waals surface area contributed by atoms with Crippen molar-refractivity contribution >= 4 is 91.5 Å². The van der Waals surface area contributed by atoms with Crippen LogP contribution < -0.4 is 21.1 Å². The summed E-state index contributed by atoms with van der Waals surface area (Å²) in [6.45, 7) is 4.79. The van der Waals surface area contributed by atoms with Gasteiger partial charge in [-0.3, -0.25) is 53.6 Å². The maximum Gasteiger partial charge on any atom is 0.471 e. The predicted molar refractivity (Wildman–Crippen MR) is 261 cm³/mol. The molecule has 25 heteroatoms. The molecular formula is C47H61F3N8O12S2. The second kappa shape index (κ2) is 28.3. The Balaban J connectivity index is 1.25. The average Bonchev–Trinajstić information content (AvgIpc) is 3.74. The number of aromatic nitrogens is 4. The number of Topliss-reactive ketones (excluding diaryl/α,β-unsaturated/α-hetero) is 2. The number of aromatic amines is 1. The van der Waals surface area contributed by atoms with E-state index < -0.39 is 77.7 Å². The van der Waals surface area contributed by atoms with E-state index in [1.807, 2.05) is 6.92 Å². The van der Waals surface area contributed by atoms with Crippen LogP contribution in [-0.4, -0.2) is 134 Å². The summed E-state index contributed by atoms with van der Waals surface area (Å²) in [5, 5.41) is 14.8. The van der Waals surface area contributed by atoms with Crippen LogP contribution in [0.4, 0.5) is 24.8 Å². The van der Waals surface area contributed by atoms with Crippen molar-refractivity contribution in [1.29, 1.82) is 0 Å². The number of benzene rings is 1. The Morgan fingerprint density at radius 1 is 0.917 bits per heavy atom. The lowest BCUT2D eigenvalue weighted by Gasteiger charge is -2.24. The topological polar surface area (TPSA) is 277 Å². The minimum absolute atomic E-state index is 0.0616. The van der Waals surface area contributed by atoms with Gasteiger partial charge >= 0.3 is 24.0 Å². The van der Waals surface area contributed by atoms with Crippen LogP contribution in [0, 0.1) is 11.8 Å². The zero-order valence-corrected chi connectivity index (χ0v) is 42.3. The molecule has 72 heavy (non-hydrogen) atoms. The van der Waals surface area contributed by atoms with Crippen LogP contribution in [0.2, 0.25) is 0 Å². The van der Waals surface area contributed by atoms with E-state index in [-0.39, 0.29) is 76.8 Å². The van der Waals surface area contributed by atoms with Crippen molar-refractivity contribution in [3.8, 4) is 0 Å². The van der Waals surface area contributed by atoms with Crippen molar-refractivity contribution in [1.82, 2.24) is 30.2 Å². The summed E-state index contributed by atoms with van der Waals surface area (Å²) < 4.78 is 51.3. The van der Waals surface area contributed by atoms with Gasteiger partial charge in [0.2, 0.25) is 17.8 Å². The van der Waals surface area contributed by atoms with Crippen molar-refractivity contribution in [3.63, 3.8) is 0 Å². The molecular weight excluding hydrogens is 990 g/mol. The van der Waals surface area contributed by atoms with Crippen LogP contribution in [0.15, 0.2) is 35.3 Å².